The Kier molecular flexibility index (Phi) is 7.13. The van der Waals surface area contributed by atoms with Crippen LogP contribution < -0.4 is 4.74 Å². The molecule has 1 aliphatic rings. The van der Waals surface area contributed by atoms with Crippen molar-refractivity contribution in [1.29, 1.82) is 0 Å². The molecule has 1 amide bonds. The minimum Gasteiger partial charge on any atom is -0.507 e. The Morgan fingerprint density at radius 2 is 1.85 bits per heavy atom. The lowest BCUT2D eigenvalue weighted by Crippen LogP contribution is -2.32. The topological polar surface area (TPSA) is 113 Å². The number of hydrogen-bond acceptors (Lipinski definition) is 7. The number of methoxy groups -OCH3 is 1. The number of carbonyl (C=O) groups is 2. The summed E-state index contributed by atoms with van der Waals surface area (Å²) in [5.41, 5.74) is 1.46. The number of amides is 1. The quantitative estimate of drug-likeness (QED) is 0.215. The molecule has 174 valence electrons. The van der Waals surface area contributed by atoms with Crippen molar-refractivity contribution in [1.82, 2.24) is 9.80 Å². The average Bonchev–Trinajstić information content (AvgIpc) is 3.03. The standard InChI is InChI=1S/C24H27N3O6/c1-15-14-18(33-4)10-11-19(15)22(28)20-21(16-6-8-17(9-7-16)27(31)32)26(24(30)23(20)29)13-5-12-25(2)3/h6-11,14,21,28H,5,12-13H2,1-4H3/t21-/m0/s1. The monoisotopic (exact) mass is 453 g/mol. The van der Waals surface area contributed by atoms with E-state index in [0.29, 0.717) is 42.0 Å². The molecule has 0 radical (unpaired) electrons. The molecule has 2 aromatic carbocycles. The second kappa shape index (κ2) is 9.83. The first-order valence-electron chi connectivity index (χ1n) is 10.5. The lowest BCUT2D eigenvalue weighted by Gasteiger charge is -2.26. The van der Waals surface area contributed by atoms with Crippen LogP contribution in [0.25, 0.3) is 5.76 Å². The number of benzene rings is 2. The summed E-state index contributed by atoms with van der Waals surface area (Å²) < 4.78 is 5.21. The van der Waals surface area contributed by atoms with Gasteiger partial charge in [0, 0.05) is 24.2 Å². The molecule has 2 aromatic rings. The van der Waals surface area contributed by atoms with Gasteiger partial charge in [-0.05, 0) is 75.4 Å². The highest BCUT2D eigenvalue weighted by atomic mass is 16.6. The Labute approximate surface area is 192 Å². The minimum atomic E-state index is -0.852. The highest BCUT2D eigenvalue weighted by Crippen LogP contribution is 2.40. The Morgan fingerprint density at radius 3 is 2.39 bits per heavy atom. The number of nitrogens with zero attached hydrogens (tertiary/aromatic N) is 3. The van der Waals surface area contributed by atoms with Gasteiger partial charge in [-0.3, -0.25) is 19.7 Å². The van der Waals surface area contributed by atoms with Crippen molar-refractivity contribution in [3.63, 3.8) is 0 Å². The molecule has 1 heterocycles. The SMILES string of the molecule is COc1ccc(C(O)=C2C(=O)C(=O)N(CCCN(C)C)[C@H]2c2ccc([N+](=O)[O-])cc2)c(C)c1. The zero-order valence-electron chi connectivity index (χ0n) is 19.1. The van der Waals surface area contributed by atoms with E-state index in [0.717, 1.165) is 0 Å². The van der Waals surface area contributed by atoms with Gasteiger partial charge in [0.05, 0.1) is 23.6 Å². The van der Waals surface area contributed by atoms with E-state index in [9.17, 15) is 24.8 Å². The van der Waals surface area contributed by atoms with Gasteiger partial charge in [-0.25, -0.2) is 0 Å². The summed E-state index contributed by atoms with van der Waals surface area (Å²) in [6.45, 7) is 2.77. The maximum atomic E-state index is 13.1. The van der Waals surface area contributed by atoms with Gasteiger partial charge in [0.15, 0.2) is 0 Å². The molecule has 1 atom stereocenters. The van der Waals surface area contributed by atoms with Crippen molar-refractivity contribution in [2.24, 2.45) is 0 Å². The van der Waals surface area contributed by atoms with E-state index in [2.05, 4.69) is 0 Å². The summed E-state index contributed by atoms with van der Waals surface area (Å²) >= 11 is 0. The van der Waals surface area contributed by atoms with Crippen molar-refractivity contribution in [2.45, 2.75) is 19.4 Å². The molecule has 9 nitrogen and oxygen atoms in total. The summed E-state index contributed by atoms with van der Waals surface area (Å²) in [5.74, 6) is -1.17. The second-order valence-corrected chi connectivity index (χ2v) is 8.18. The van der Waals surface area contributed by atoms with Crippen LogP contribution in [0.5, 0.6) is 5.75 Å². The van der Waals surface area contributed by atoms with Crippen molar-refractivity contribution in [3.8, 4) is 5.75 Å². The molecular formula is C24H27N3O6. The third kappa shape index (κ3) is 4.88. The zero-order chi connectivity index (χ0) is 24.3. The molecule has 1 saturated heterocycles. The zero-order valence-corrected chi connectivity index (χ0v) is 19.1. The highest BCUT2D eigenvalue weighted by molar-refractivity contribution is 6.46. The third-order valence-electron chi connectivity index (χ3n) is 5.65. The summed E-state index contributed by atoms with van der Waals surface area (Å²) in [5, 5.41) is 22.3. The molecule has 0 spiro atoms. The van der Waals surface area contributed by atoms with Gasteiger partial charge in [0.1, 0.15) is 11.5 Å². The van der Waals surface area contributed by atoms with E-state index in [-0.39, 0.29) is 17.0 Å². The first-order valence-corrected chi connectivity index (χ1v) is 10.5. The van der Waals surface area contributed by atoms with Crippen molar-refractivity contribution >= 4 is 23.1 Å². The maximum absolute atomic E-state index is 13.1. The highest BCUT2D eigenvalue weighted by Gasteiger charge is 2.46. The molecule has 3 rings (SSSR count). The lowest BCUT2D eigenvalue weighted by molar-refractivity contribution is -0.384. The van der Waals surface area contributed by atoms with Gasteiger partial charge in [-0.2, -0.15) is 0 Å². The normalized spacial score (nSPS) is 17.6. The molecule has 1 fully saturated rings. The molecule has 0 bridgehead atoms. The number of carbonyl (C=O) groups excluding carboxylic acids is 2. The smallest absolute Gasteiger partial charge is 0.295 e. The fourth-order valence-electron chi connectivity index (χ4n) is 3.97. The van der Waals surface area contributed by atoms with E-state index in [1.165, 1.54) is 36.3 Å². The van der Waals surface area contributed by atoms with Gasteiger partial charge >= 0.3 is 0 Å². The van der Waals surface area contributed by atoms with E-state index < -0.39 is 22.7 Å². The number of rotatable bonds is 8. The van der Waals surface area contributed by atoms with Crippen molar-refractivity contribution < 1.29 is 24.4 Å². The van der Waals surface area contributed by atoms with E-state index in [4.69, 9.17) is 4.74 Å². The number of nitro benzene ring substituents is 1. The summed E-state index contributed by atoms with van der Waals surface area (Å²) in [6.07, 6.45) is 0.616. The predicted molar refractivity (Wildman–Crippen MR) is 123 cm³/mol. The van der Waals surface area contributed by atoms with E-state index >= 15 is 0 Å². The van der Waals surface area contributed by atoms with E-state index in [1.807, 2.05) is 19.0 Å². The number of aliphatic hydroxyl groups excluding tert-OH is 1. The first kappa shape index (κ1) is 23.9. The molecule has 1 N–H and O–H groups in total. The number of ketones is 1. The van der Waals surface area contributed by atoms with Crippen LogP contribution in [0, 0.1) is 17.0 Å². The summed E-state index contributed by atoms with van der Waals surface area (Å²) in [7, 11) is 5.35. The molecule has 9 heteroatoms. The molecule has 1 aliphatic heterocycles. The summed E-state index contributed by atoms with van der Waals surface area (Å²) in [4.78, 5) is 40.0. The number of ether oxygens (including phenoxy) is 1. The molecule has 0 aliphatic carbocycles. The van der Waals surface area contributed by atoms with Gasteiger partial charge in [-0.1, -0.05) is 0 Å². The minimum absolute atomic E-state index is 0.0352. The molecule has 0 aromatic heterocycles. The van der Waals surface area contributed by atoms with Gasteiger partial charge in [-0.15, -0.1) is 0 Å². The van der Waals surface area contributed by atoms with Crippen LogP contribution in [-0.2, 0) is 9.59 Å². The first-order chi connectivity index (χ1) is 15.6. The largest absolute Gasteiger partial charge is 0.507 e. The molecule has 0 unspecified atom stereocenters. The number of aryl methyl sites for hydroxylation is 1. The second-order valence-electron chi connectivity index (χ2n) is 8.18. The van der Waals surface area contributed by atoms with Gasteiger partial charge in [0.2, 0.25) is 0 Å². The molecule has 33 heavy (non-hydrogen) atoms. The van der Waals surface area contributed by atoms with Crippen LogP contribution in [0.2, 0.25) is 0 Å². The number of aliphatic hydroxyl groups is 1. The van der Waals surface area contributed by atoms with Crippen LogP contribution in [0.1, 0.15) is 29.2 Å². The Balaban J connectivity index is 2.12. The van der Waals surface area contributed by atoms with Crippen molar-refractivity contribution in [2.75, 3.05) is 34.3 Å². The van der Waals surface area contributed by atoms with Crippen LogP contribution in [0.15, 0.2) is 48.0 Å². The maximum Gasteiger partial charge on any atom is 0.295 e. The van der Waals surface area contributed by atoms with Gasteiger partial charge in [0.25, 0.3) is 17.4 Å². The Hall–Kier alpha value is -3.72. The Morgan fingerprint density at radius 1 is 1.18 bits per heavy atom. The lowest BCUT2D eigenvalue weighted by atomic mass is 9.93. The predicted octanol–water partition coefficient (Wildman–Crippen LogP) is 3.29. The molecule has 0 saturated carbocycles. The average molecular weight is 453 g/mol. The fraction of sp³-hybridized carbons (Fsp3) is 0.333. The fourth-order valence-corrected chi connectivity index (χ4v) is 3.97. The number of likely N-dealkylation sites (tertiary alicyclic amines) is 1. The number of non-ortho nitro benzene ring substituents is 1. The van der Waals surface area contributed by atoms with Crippen LogP contribution in [0.3, 0.4) is 0 Å². The van der Waals surface area contributed by atoms with Crippen LogP contribution in [0.4, 0.5) is 5.69 Å². The number of hydrogen-bond donors (Lipinski definition) is 1. The van der Waals surface area contributed by atoms with Crippen LogP contribution in [-0.4, -0.2) is 65.8 Å². The van der Waals surface area contributed by atoms with Crippen LogP contribution >= 0.6 is 0 Å². The molecular weight excluding hydrogens is 426 g/mol. The van der Waals surface area contributed by atoms with Crippen molar-refractivity contribution in [3.05, 3.63) is 74.8 Å². The van der Waals surface area contributed by atoms with E-state index in [1.54, 1.807) is 25.1 Å². The third-order valence-corrected chi connectivity index (χ3v) is 5.65. The summed E-state index contributed by atoms with van der Waals surface area (Å²) in [6, 6.07) is 9.86. The van der Waals surface area contributed by atoms with Gasteiger partial charge < -0.3 is 19.6 Å². The number of nitro groups is 1. The number of Topliss-reactive ketones (excluding diaryl/α,β-unsaturated/α-hetero) is 1. The Bertz CT molecular complexity index is 1110.